The SMILES string of the molecule is ClCCc1nc2cccc(Cl)c2n1C1CC1. The van der Waals surface area contributed by atoms with Gasteiger partial charge in [-0.25, -0.2) is 4.98 Å². The Balaban J connectivity index is 2.25. The summed E-state index contributed by atoms with van der Waals surface area (Å²) in [7, 11) is 0. The fraction of sp³-hybridized carbons (Fsp3) is 0.417. The molecule has 0 saturated heterocycles. The molecule has 84 valence electrons. The number of nitrogens with zero attached hydrogens (tertiary/aromatic N) is 2. The van der Waals surface area contributed by atoms with Gasteiger partial charge in [0.1, 0.15) is 5.82 Å². The predicted molar refractivity (Wildman–Crippen MR) is 67.4 cm³/mol. The summed E-state index contributed by atoms with van der Waals surface area (Å²) < 4.78 is 2.28. The van der Waals surface area contributed by atoms with Crippen LogP contribution in [0.15, 0.2) is 18.2 Å². The lowest BCUT2D eigenvalue weighted by Gasteiger charge is -2.06. The highest BCUT2D eigenvalue weighted by molar-refractivity contribution is 6.35. The number of hydrogen-bond acceptors (Lipinski definition) is 1. The van der Waals surface area contributed by atoms with Crippen molar-refractivity contribution in [1.29, 1.82) is 0 Å². The second-order valence-corrected chi connectivity index (χ2v) is 4.96. The Morgan fingerprint density at radius 1 is 1.38 bits per heavy atom. The number of benzene rings is 1. The van der Waals surface area contributed by atoms with Crippen LogP contribution in [0.3, 0.4) is 0 Å². The van der Waals surface area contributed by atoms with Crippen molar-refractivity contribution in [2.45, 2.75) is 25.3 Å². The van der Waals surface area contributed by atoms with Crippen molar-refractivity contribution in [3.63, 3.8) is 0 Å². The summed E-state index contributed by atoms with van der Waals surface area (Å²) in [4.78, 5) is 4.62. The van der Waals surface area contributed by atoms with Crippen molar-refractivity contribution in [2.24, 2.45) is 0 Å². The largest absolute Gasteiger partial charge is 0.324 e. The maximum atomic E-state index is 6.25. The summed E-state index contributed by atoms with van der Waals surface area (Å²) in [6.45, 7) is 0. The maximum absolute atomic E-state index is 6.25. The van der Waals surface area contributed by atoms with E-state index in [2.05, 4.69) is 9.55 Å². The van der Waals surface area contributed by atoms with Crippen LogP contribution >= 0.6 is 23.2 Å². The van der Waals surface area contributed by atoms with Crippen LogP contribution in [-0.2, 0) is 6.42 Å². The van der Waals surface area contributed by atoms with Gasteiger partial charge in [-0.05, 0) is 25.0 Å². The Kier molecular flexibility index (Phi) is 2.56. The van der Waals surface area contributed by atoms with Gasteiger partial charge in [0.15, 0.2) is 0 Å². The molecule has 3 rings (SSSR count). The van der Waals surface area contributed by atoms with Crippen LogP contribution in [0, 0.1) is 0 Å². The third-order valence-corrected chi connectivity index (χ3v) is 3.46. The van der Waals surface area contributed by atoms with Crippen LogP contribution in [0.2, 0.25) is 5.02 Å². The summed E-state index contributed by atoms with van der Waals surface area (Å²) >= 11 is 12.1. The number of halogens is 2. The van der Waals surface area contributed by atoms with Gasteiger partial charge in [0, 0.05) is 18.3 Å². The van der Waals surface area contributed by atoms with E-state index in [-0.39, 0.29) is 0 Å². The van der Waals surface area contributed by atoms with Crippen molar-refractivity contribution in [3.8, 4) is 0 Å². The van der Waals surface area contributed by atoms with Crippen LogP contribution in [0.4, 0.5) is 0 Å². The van der Waals surface area contributed by atoms with Crippen molar-refractivity contribution in [2.75, 3.05) is 5.88 Å². The number of aryl methyl sites for hydroxylation is 1. The van der Waals surface area contributed by atoms with E-state index in [4.69, 9.17) is 23.2 Å². The first kappa shape index (κ1) is 10.4. The molecule has 1 aromatic heterocycles. The highest BCUT2D eigenvalue weighted by atomic mass is 35.5. The summed E-state index contributed by atoms with van der Waals surface area (Å²) in [6.07, 6.45) is 3.26. The van der Waals surface area contributed by atoms with E-state index in [0.717, 1.165) is 28.3 Å². The Bertz CT molecular complexity index is 529. The maximum Gasteiger partial charge on any atom is 0.111 e. The molecule has 1 heterocycles. The van der Waals surface area contributed by atoms with E-state index < -0.39 is 0 Å². The van der Waals surface area contributed by atoms with Crippen LogP contribution < -0.4 is 0 Å². The van der Waals surface area contributed by atoms with Crippen molar-refractivity contribution in [3.05, 3.63) is 29.0 Å². The first-order valence-corrected chi connectivity index (χ1v) is 6.44. The quantitative estimate of drug-likeness (QED) is 0.762. The molecule has 1 aromatic carbocycles. The van der Waals surface area contributed by atoms with Gasteiger partial charge in [0.05, 0.1) is 16.1 Å². The molecule has 0 N–H and O–H groups in total. The van der Waals surface area contributed by atoms with Gasteiger partial charge in [-0.15, -0.1) is 11.6 Å². The average molecular weight is 255 g/mol. The zero-order valence-electron chi connectivity index (χ0n) is 8.79. The fourth-order valence-corrected chi connectivity index (χ4v) is 2.57. The first-order chi connectivity index (χ1) is 7.81. The average Bonchev–Trinajstić information content (AvgIpc) is 3.02. The lowest BCUT2D eigenvalue weighted by molar-refractivity contribution is 0.710. The van der Waals surface area contributed by atoms with E-state index in [9.17, 15) is 0 Å². The molecule has 2 nitrogen and oxygen atoms in total. The molecule has 2 aromatic rings. The lowest BCUT2D eigenvalue weighted by Crippen LogP contribution is -2.02. The minimum Gasteiger partial charge on any atom is -0.324 e. The van der Waals surface area contributed by atoms with Gasteiger partial charge in [-0.2, -0.15) is 0 Å². The van der Waals surface area contributed by atoms with E-state index in [0.29, 0.717) is 11.9 Å². The minimum absolute atomic E-state index is 0.586. The van der Waals surface area contributed by atoms with Gasteiger partial charge in [0.2, 0.25) is 0 Å². The van der Waals surface area contributed by atoms with E-state index in [1.807, 2.05) is 18.2 Å². The predicted octanol–water partition coefficient (Wildman–Crippen LogP) is 3.81. The summed E-state index contributed by atoms with van der Waals surface area (Å²) in [5, 5.41) is 0.790. The number of fused-ring (bicyclic) bond motifs is 1. The van der Waals surface area contributed by atoms with Crippen LogP contribution in [0.5, 0.6) is 0 Å². The monoisotopic (exact) mass is 254 g/mol. The Morgan fingerprint density at radius 3 is 2.88 bits per heavy atom. The smallest absolute Gasteiger partial charge is 0.111 e. The van der Waals surface area contributed by atoms with Crippen LogP contribution in [0.1, 0.15) is 24.7 Å². The molecule has 4 heteroatoms. The molecule has 1 saturated carbocycles. The molecule has 0 unspecified atom stereocenters. The summed E-state index contributed by atoms with van der Waals surface area (Å²) in [6, 6.07) is 6.47. The van der Waals surface area contributed by atoms with Gasteiger partial charge >= 0.3 is 0 Å². The molecule has 0 bridgehead atoms. The molecule has 16 heavy (non-hydrogen) atoms. The van der Waals surface area contributed by atoms with Crippen molar-refractivity contribution in [1.82, 2.24) is 9.55 Å². The van der Waals surface area contributed by atoms with Gasteiger partial charge in [-0.3, -0.25) is 0 Å². The number of hydrogen-bond donors (Lipinski definition) is 0. The van der Waals surface area contributed by atoms with Crippen LogP contribution in [0.25, 0.3) is 11.0 Å². The van der Waals surface area contributed by atoms with E-state index in [1.54, 1.807) is 0 Å². The fourth-order valence-electron chi connectivity index (χ4n) is 2.14. The number of imidazole rings is 1. The molecule has 0 amide bonds. The van der Waals surface area contributed by atoms with Gasteiger partial charge in [0.25, 0.3) is 0 Å². The Hall–Kier alpha value is -0.730. The molecule has 0 aliphatic heterocycles. The summed E-state index contributed by atoms with van der Waals surface area (Å²) in [5.74, 6) is 1.67. The standard InChI is InChI=1S/C12H12Cl2N2/c13-7-6-11-15-10-3-1-2-9(14)12(10)16(11)8-4-5-8/h1-3,8H,4-7H2. The van der Waals surface area contributed by atoms with Gasteiger partial charge in [-0.1, -0.05) is 17.7 Å². The first-order valence-electron chi connectivity index (χ1n) is 5.52. The second-order valence-electron chi connectivity index (χ2n) is 4.18. The Morgan fingerprint density at radius 2 is 2.19 bits per heavy atom. The highest BCUT2D eigenvalue weighted by Gasteiger charge is 2.28. The van der Waals surface area contributed by atoms with E-state index in [1.165, 1.54) is 12.8 Å². The lowest BCUT2D eigenvalue weighted by atomic mass is 10.3. The van der Waals surface area contributed by atoms with E-state index >= 15 is 0 Å². The molecule has 1 aliphatic carbocycles. The minimum atomic E-state index is 0.586. The van der Waals surface area contributed by atoms with Crippen molar-refractivity contribution >= 4 is 34.2 Å². The second kappa shape index (κ2) is 3.94. The molecule has 0 spiro atoms. The molecule has 1 fully saturated rings. The van der Waals surface area contributed by atoms with Crippen molar-refractivity contribution < 1.29 is 0 Å². The molecular weight excluding hydrogens is 243 g/mol. The molecule has 1 aliphatic rings. The highest BCUT2D eigenvalue weighted by Crippen LogP contribution is 2.40. The number of rotatable bonds is 3. The summed E-state index contributed by atoms with van der Waals surface area (Å²) in [5.41, 5.74) is 2.06. The van der Waals surface area contributed by atoms with Gasteiger partial charge < -0.3 is 4.57 Å². The zero-order chi connectivity index (χ0) is 11.1. The topological polar surface area (TPSA) is 17.8 Å². The Labute approximate surface area is 104 Å². The number of alkyl halides is 1. The third kappa shape index (κ3) is 1.61. The molecule has 0 atom stereocenters. The normalized spacial score (nSPS) is 15.9. The number of aromatic nitrogens is 2. The van der Waals surface area contributed by atoms with Crippen LogP contribution in [-0.4, -0.2) is 15.4 Å². The zero-order valence-corrected chi connectivity index (χ0v) is 10.3. The number of para-hydroxylation sites is 1. The third-order valence-electron chi connectivity index (χ3n) is 2.96. The molecule has 0 radical (unpaired) electrons. The molecular formula is C12H12Cl2N2.